The van der Waals surface area contributed by atoms with Crippen molar-refractivity contribution in [1.82, 2.24) is 0 Å². The van der Waals surface area contributed by atoms with E-state index in [1.54, 1.807) is 12.1 Å². The molecule has 0 heterocycles. The molecule has 0 aromatic heterocycles. The standard InChI is InChI=1S/C10H13ClFN/c1-3-7(2)13-10-6-8(11)4-5-9(10)12/h4-7,13H,3H2,1-2H3. The number of hydrogen-bond acceptors (Lipinski definition) is 1. The zero-order chi connectivity index (χ0) is 9.84. The van der Waals surface area contributed by atoms with Crippen molar-refractivity contribution in [1.29, 1.82) is 0 Å². The Balaban J connectivity index is 2.81. The second kappa shape index (κ2) is 4.47. The smallest absolute Gasteiger partial charge is 0.146 e. The summed E-state index contributed by atoms with van der Waals surface area (Å²) in [6.07, 6.45) is 0.950. The molecule has 72 valence electrons. The maximum Gasteiger partial charge on any atom is 0.146 e. The van der Waals surface area contributed by atoms with Crippen molar-refractivity contribution in [2.24, 2.45) is 0 Å². The Morgan fingerprint density at radius 1 is 1.54 bits per heavy atom. The van der Waals surface area contributed by atoms with Crippen molar-refractivity contribution in [2.45, 2.75) is 26.3 Å². The zero-order valence-corrected chi connectivity index (χ0v) is 8.53. The fourth-order valence-corrected chi connectivity index (χ4v) is 1.15. The Hall–Kier alpha value is -0.760. The van der Waals surface area contributed by atoms with Crippen LogP contribution in [0.5, 0.6) is 0 Å². The summed E-state index contributed by atoms with van der Waals surface area (Å²) < 4.78 is 13.1. The van der Waals surface area contributed by atoms with E-state index in [-0.39, 0.29) is 11.9 Å². The van der Waals surface area contributed by atoms with Gasteiger partial charge >= 0.3 is 0 Å². The quantitative estimate of drug-likeness (QED) is 0.787. The average Bonchev–Trinajstić information content (AvgIpc) is 2.11. The Bertz CT molecular complexity index is 288. The normalized spacial score (nSPS) is 12.6. The van der Waals surface area contributed by atoms with Crippen molar-refractivity contribution < 1.29 is 4.39 Å². The molecule has 0 spiro atoms. The molecule has 1 aromatic rings. The van der Waals surface area contributed by atoms with Crippen LogP contribution >= 0.6 is 11.6 Å². The summed E-state index contributed by atoms with van der Waals surface area (Å²) in [4.78, 5) is 0. The van der Waals surface area contributed by atoms with Crippen LogP contribution in [-0.2, 0) is 0 Å². The Labute approximate surface area is 82.9 Å². The zero-order valence-electron chi connectivity index (χ0n) is 7.77. The van der Waals surface area contributed by atoms with Gasteiger partial charge in [-0.05, 0) is 31.5 Å². The van der Waals surface area contributed by atoms with Crippen molar-refractivity contribution in [2.75, 3.05) is 5.32 Å². The molecule has 0 fully saturated rings. The van der Waals surface area contributed by atoms with Gasteiger partial charge in [0.15, 0.2) is 0 Å². The summed E-state index contributed by atoms with van der Waals surface area (Å²) in [5, 5.41) is 3.59. The van der Waals surface area contributed by atoms with Crippen LogP contribution < -0.4 is 5.32 Å². The molecule has 0 radical (unpaired) electrons. The number of halogens is 2. The van der Waals surface area contributed by atoms with Gasteiger partial charge in [-0.15, -0.1) is 0 Å². The Kier molecular flexibility index (Phi) is 3.55. The lowest BCUT2D eigenvalue weighted by molar-refractivity contribution is 0.625. The SMILES string of the molecule is CCC(C)Nc1cc(Cl)ccc1F. The molecule has 0 saturated heterocycles. The van der Waals surface area contributed by atoms with Gasteiger partial charge < -0.3 is 5.32 Å². The number of nitrogens with one attached hydrogen (secondary N) is 1. The average molecular weight is 202 g/mol. The maximum atomic E-state index is 13.1. The summed E-state index contributed by atoms with van der Waals surface area (Å²) >= 11 is 5.74. The van der Waals surface area contributed by atoms with E-state index in [4.69, 9.17) is 11.6 Å². The summed E-state index contributed by atoms with van der Waals surface area (Å²) in [6, 6.07) is 4.77. The number of rotatable bonds is 3. The van der Waals surface area contributed by atoms with Gasteiger partial charge in [0.1, 0.15) is 5.82 Å². The molecule has 0 aliphatic carbocycles. The number of anilines is 1. The minimum absolute atomic E-state index is 0.257. The third-order valence-electron chi connectivity index (χ3n) is 1.94. The fraction of sp³-hybridized carbons (Fsp3) is 0.400. The molecule has 0 saturated carbocycles. The van der Waals surface area contributed by atoms with Gasteiger partial charge in [-0.25, -0.2) is 4.39 Å². The lowest BCUT2D eigenvalue weighted by atomic mass is 10.2. The second-order valence-electron chi connectivity index (χ2n) is 3.08. The Morgan fingerprint density at radius 2 is 2.23 bits per heavy atom. The van der Waals surface area contributed by atoms with E-state index in [9.17, 15) is 4.39 Å². The molecular weight excluding hydrogens is 189 g/mol. The van der Waals surface area contributed by atoms with Crippen LogP contribution in [0.3, 0.4) is 0 Å². The van der Waals surface area contributed by atoms with Crippen LogP contribution in [0, 0.1) is 5.82 Å². The van der Waals surface area contributed by atoms with E-state index in [1.165, 1.54) is 6.07 Å². The predicted octanol–water partition coefficient (Wildman–Crippen LogP) is 3.69. The first-order valence-corrected chi connectivity index (χ1v) is 4.73. The van der Waals surface area contributed by atoms with Crippen LogP contribution in [-0.4, -0.2) is 6.04 Å². The van der Waals surface area contributed by atoms with Gasteiger partial charge in [-0.1, -0.05) is 18.5 Å². The first-order chi connectivity index (χ1) is 6.13. The second-order valence-corrected chi connectivity index (χ2v) is 3.51. The van der Waals surface area contributed by atoms with Crippen molar-refractivity contribution in [3.63, 3.8) is 0 Å². The molecule has 0 aliphatic rings. The Morgan fingerprint density at radius 3 is 2.85 bits per heavy atom. The van der Waals surface area contributed by atoms with E-state index in [1.807, 2.05) is 13.8 Å². The first kappa shape index (κ1) is 10.3. The summed E-state index contributed by atoms with van der Waals surface area (Å²) in [5.74, 6) is -0.260. The lowest BCUT2D eigenvalue weighted by Gasteiger charge is -2.13. The number of benzene rings is 1. The van der Waals surface area contributed by atoms with Gasteiger partial charge in [0.05, 0.1) is 5.69 Å². The molecule has 1 unspecified atom stereocenters. The van der Waals surface area contributed by atoms with Crippen molar-refractivity contribution in [3.8, 4) is 0 Å². The third-order valence-corrected chi connectivity index (χ3v) is 2.18. The maximum absolute atomic E-state index is 13.1. The fourth-order valence-electron chi connectivity index (χ4n) is 0.976. The van der Waals surface area contributed by atoms with Gasteiger partial charge in [0, 0.05) is 11.1 Å². The van der Waals surface area contributed by atoms with E-state index < -0.39 is 0 Å². The molecule has 0 amide bonds. The van der Waals surface area contributed by atoms with Crippen molar-refractivity contribution >= 4 is 17.3 Å². The minimum atomic E-state index is -0.260. The van der Waals surface area contributed by atoms with Gasteiger partial charge in [-0.2, -0.15) is 0 Å². The molecule has 1 N–H and O–H groups in total. The van der Waals surface area contributed by atoms with Gasteiger partial charge in [-0.3, -0.25) is 0 Å². The highest BCUT2D eigenvalue weighted by Crippen LogP contribution is 2.20. The first-order valence-electron chi connectivity index (χ1n) is 4.35. The summed E-state index contributed by atoms with van der Waals surface area (Å²) in [7, 11) is 0. The van der Waals surface area contributed by atoms with Crippen LogP contribution in [0.15, 0.2) is 18.2 Å². The number of hydrogen-bond donors (Lipinski definition) is 1. The van der Waals surface area contributed by atoms with Crippen LogP contribution in [0.2, 0.25) is 5.02 Å². The van der Waals surface area contributed by atoms with Gasteiger partial charge in [0.25, 0.3) is 0 Å². The van der Waals surface area contributed by atoms with E-state index in [0.29, 0.717) is 10.7 Å². The molecule has 3 heteroatoms. The predicted molar refractivity (Wildman–Crippen MR) is 54.8 cm³/mol. The topological polar surface area (TPSA) is 12.0 Å². The summed E-state index contributed by atoms with van der Waals surface area (Å²) in [6.45, 7) is 4.04. The van der Waals surface area contributed by atoms with E-state index in [0.717, 1.165) is 6.42 Å². The van der Waals surface area contributed by atoms with Crippen LogP contribution in [0.1, 0.15) is 20.3 Å². The highest BCUT2D eigenvalue weighted by Gasteiger charge is 2.04. The molecule has 1 nitrogen and oxygen atoms in total. The third kappa shape index (κ3) is 2.88. The highest BCUT2D eigenvalue weighted by molar-refractivity contribution is 6.30. The van der Waals surface area contributed by atoms with E-state index >= 15 is 0 Å². The molecule has 1 atom stereocenters. The van der Waals surface area contributed by atoms with Gasteiger partial charge in [0.2, 0.25) is 0 Å². The monoisotopic (exact) mass is 201 g/mol. The largest absolute Gasteiger partial charge is 0.380 e. The van der Waals surface area contributed by atoms with Crippen LogP contribution in [0.4, 0.5) is 10.1 Å². The minimum Gasteiger partial charge on any atom is -0.380 e. The highest BCUT2D eigenvalue weighted by atomic mass is 35.5. The van der Waals surface area contributed by atoms with E-state index in [2.05, 4.69) is 5.32 Å². The molecule has 1 rings (SSSR count). The molecule has 0 bridgehead atoms. The van der Waals surface area contributed by atoms with Crippen molar-refractivity contribution in [3.05, 3.63) is 29.0 Å². The van der Waals surface area contributed by atoms with Crippen LogP contribution in [0.25, 0.3) is 0 Å². The summed E-state index contributed by atoms with van der Waals surface area (Å²) in [5.41, 5.74) is 0.474. The lowest BCUT2D eigenvalue weighted by Crippen LogP contribution is -2.14. The molecular formula is C10H13ClFN. The molecule has 0 aliphatic heterocycles. The molecule has 1 aromatic carbocycles. The molecule has 13 heavy (non-hydrogen) atoms.